The van der Waals surface area contributed by atoms with Crippen molar-refractivity contribution < 1.29 is 0 Å². The third-order valence-corrected chi connectivity index (χ3v) is 5.64. The normalized spacial score (nSPS) is 47.2. The third-order valence-electron chi connectivity index (χ3n) is 5.64. The lowest BCUT2D eigenvalue weighted by atomic mass is 9.88. The minimum absolute atomic E-state index is 0.638. The first-order valence-corrected chi connectivity index (χ1v) is 6.76. The van der Waals surface area contributed by atoms with Crippen LogP contribution in [-0.4, -0.2) is 0 Å². The van der Waals surface area contributed by atoms with E-state index in [2.05, 4.69) is 27.7 Å². The Hall–Kier alpha value is -0.260. The summed E-state index contributed by atoms with van der Waals surface area (Å²) < 4.78 is 0. The largest absolute Gasteiger partial charge is 0.0676 e. The van der Waals surface area contributed by atoms with E-state index < -0.39 is 0 Å². The predicted octanol–water partition coefficient (Wildman–Crippen LogP) is 4.42. The van der Waals surface area contributed by atoms with Gasteiger partial charge in [0.15, 0.2) is 0 Å². The van der Waals surface area contributed by atoms with Crippen LogP contribution in [0.5, 0.6) is 0 Å². The smallest absolute Gasteiger partial charge is 0.0110 e. The summed E-state index contributed by atoms with van der Waals surface area (Å²) in [5, 5.41) is 0. The highest BCUT2D eigenvalue weighted by Gasteiger charge is 2.61. The molecular formula is C15H24. The van der Waals surface area contributed by atoms with E-state index in [-0.39, 0.29) is 0 Å². The average Bonchev–Trinajstić information content (AvgIpc) is 2.55. The molecule has 15 heavy (non-hydrogen) atoms. The van der Waals surface area contributed by atoms with Crippen molar-refractivity contribution in [3.8, 4) is 0 Å². The fourth-order valence-electron chi connectivity index (χ4n) is 4.53. The van der Waals surface area contributed by atoms with Gasteiger partial charge in [0.05, 0.1) is 0 Å². The van der Waals surface area contributed by atoms with E-state index in [0.717, 1.165) is 23.7 Å². The summed E-state index contributed by atoms with van der Waals surface area (Å²) in [6, 6.07) is 0. The first-order chi connectivity index (χ1) is 7.03. The number of fused-ring (bicyclic) bond motifs is 2. The molecule has 0 aliphatic heterocycles. The molecule has 1 fully saturated rings. The van der Waals surface area contributed by atoms with Gasteiger partial charge < -0.3 is 0 Å². The molecule has 0 bridgehead atoms. The van der Waals surface area contributed by atoms with Gasteiger partial charge in [0, 0.05) is 0 Å². The molecule has 3 rings (SSSR count). The van der Waals surface area contributed by atoms with Crippen molar-refractivity contribution in [3.05, 3.63) is 11.1 Å². The summed E-state index contributed by atoms with van der Waals surface area (Å²) in [7, 11) is 0. The molecule has 84 valence electrons. The molecular weight excluding hydrogens is 180 g/mol. The zero-order chi connectivity index (χ0) is 10.8. The van der Waals surface area contributed by atoms with E-state index in [1.165, 1.54) is 25.7 Å². The minimum atomic E-state index is 0.638. The van der Waals surface area contributed by atoms with Gasteiger partial charge in [-0.3, -0.25) is 0 Å². The Balaban J connectivity index is 2.02. The van der Waals surface area contributed by atoms with Gasteiger partial charge in [-0.25, -0.2) is 0 Å². The molecule has 1 saturated carbocycles. The van der Waals surface area contributed by atoms with Crippen LogP contribution in [0, 0.1) is 29.1 Å². The molecule has 0 heteroatoms. The molecule has 0 aromatic heterocycles. The molecule has 0 amide bonds. The number of allylic oxidation sites excluding steroid dienone is 2. The summed E-state index contributed by atoms with van der Waals surface area (Å²) in [6.07, 6.45) is 5.79. The predicted molar refractivity (Wildman–Crippen MR) is 64.6 cm³/mol. The van der Waals surface area contributed by atoms with Gasteiger partial charge in [0.1, 0.15) is 0 Å². The monoisotopic (exact) mass is 204 g/mol. The molecule has 4 atom stereocenters. The van der Waals surface area contributed by atoms with Crippen LogP contribution >= 0.6 is 0 Å². The molecule has 0 nitrogen and oxygen atoms in total. The number of hydrogen-bond acceptors (Lipinski definition) is 0. The van der Waals surface area contributed by atoms with Crippen molar-refractivity contribution in [3.63, 3.8) is 0 Å². The maximum Gasteiger partial charge on any atom is -0.0110 e. The van der Waals surface area contributed by atoms with E-state index >= 15 is 0 Å². The van der Waals surface area contributed by atoms with Crippen LogP contribution in [0.3, 0.4) is 0 Å². The van der Waals surface area contributed by atoms with Crippen molar-refractivity contribution >= 4 is 0 Å². The first-order valence-electron chi connectivity index (χ1n) is 6.76. The highest BCUT2D eigenvalue weighted by Crippen LogP contribution is 2.68. The standard InChI is InChI=1S/C15H24/c1-9-6-8-12-14(15(12,3)4)13-10(2)5-7-11(9)13/h9-10,12,14H,5-8H2,1-4H3. The van der Waals surface area contributed by atoms with Crippen LogP contribution < -0.4 is 0 Å². The maximum atomic E-state index is 2.49. The summed E-state index contributed by atoms with van der Waals surface area (Å²) in [5.74, 6) is 3.78. The zero-order valence-corrected chi connectivity index (χ0v) is 10.6. The van der Waals surface area contributed by atoms with Crippen LogP contribution in [0.15, 0.2) is 11.1 Å². The fraction of sp³-hybridized carbons (Fsp3) is 0.867. The second kappa shape index (κ2) is 2.90. The minimum Gasteiger partial charge on any atom is -0.0676 e. The molecule has 3 aliphatic rings. The lowest BCUT2D eigenvalue weighted by Crippen LogP contribution is -2.05. The topological polar surface area (TPSA) is 0 Å². The van der Waals surface area contributed by atoms with Crippen LogP contribution in [-0.2, 0) is 0 Å². The van der Waals surface area contributed by atoms with E-state index in [0.29, 0.717) is 5.41 Å². The second-order valence-electron chi connectivity index (χ2n) is 6.80. The summed E-state index contributed by atoms with van der Waals surface area (Å²) >= 11 is 0. The van der Waals surface area contributed by atoms with Gasteiger partial charge in [-0.05, 0) is 54.8 Å². The van der Waals surface area contributed by atoms with Crippen molar-refractivity contribution in [1.82, 2.24) is 0 Å². The Bertz CT molecular complexity index is 321. The second-order valence-corrected chi connectivity index (χ2v) is 6.80. The van der Waals surface area contributed by atoms with Crippen LogP contribution in [0.25, 0.3) is 0 Å². The molecule has 0 saturated heterocycles. The van der Waals surface area contributed by atoms with Crippen molar-refractivity contribution in [2.75, 3.05) is 0 Å². The number of rotatable bonds is 0. The van der Waals surface area contributed by atoms with Crippen molar-refractivity contribution in [2.24, 2.45) is 29.1 Å². The Morgan fingerprint density at radius 1 is 1.00 bits per heavy atom. The Morgan fingerprint density at radius 2 is 1.73 bits per heavy atom. The highest BCUT2D eigenvalue weighted by atomic mass is 14.6. The van der Waals surface area contributed by atoms with Gasteiger partial charge >= 0.3 is 0 Å². The van der Waals surface area contributed by atoms with Gasteiger partial charge in [-0.1, -0.05) is 38.8 Å². The first kappa shape index (κ1) is 9.93. The van der Waals surface area contributed by atoms with E-state index in [1.807, 2.05) is 11.1 Å². The summed E-state index contributed by atoms with van der Waals surface area (Å²) in [5.41, 5.74) is 4.43. The Kier molecular flexibility index (Phi) is 1.92. The summed E-state index contributed by atoms with van der Waals surface area (Å²) in [6.45, 7) is 9.92. The van der Waals surface area contributed by atoms with Crippen LogP contribution in [0.2, 0.25) is 0 Å². The highest BCUT2D eigenvalue weighted by molar-refractivity contribution is 5.36. The van der Waals surface area contributed by atoms with Gasteiger partial charge in [-0.15, -0.1) is 0 Å². The lowest BCUT2D eigenvalue weighted by molar-refractivity contribution is 0.471. The Morgan fingerprint density at radius 3 is 2.47 bits per heavy atom. The van der Waals surface area contributed by atoms with Gasteiger partial charge in [-0.2, -0.15) is 0 Å². The molecule has 4 unspecified atom stereocenters. The molecule has 0 aromatic carbocycles. The maximum absolute atomic E-state index is 2.49. The van der Waals surface area contributed by atoms with E-state index in [4.69, 9.17) is 0 Å². The SMILES string of the molecule is CC1CCC2C(C3=C1CCC3C)C2(C)C. The van der Waals surface area contributed by atoms with E-state index in [9.17, 15) is 0 Å². The molecule has 0 heterocycles. The van der Waals surface area contributed by atoms with Crippen molar-refractivity contribution in [1.29, 1.82) is 0 Å². The van der Waals surface area contributed by atoms with Crippen molar-refractivity contribution in [2.45, 2.75) is 53.4 Å². The quantitative estimate of drug-likeness (QED) is 0.513. The van der Waals surface area contributed by atoms with Crippen LogP contribution in [0.1, 0.15) is 53.4 Å². The molecule has 0 radical (unpaired) electrons. The third kappa shape index (κ3) is 1.20. The average molecular weight is 204 g/mol. The molecule has 0 aromatic rings. The number of hydrogen-bond donors (Lipinski definition) is 0. The van der Waals surface area contributed by atoms with E-state index in [1.54, 1.807) is 0 Å². The fourth-order valence-corrected chi connectivity index (χ4v) is 4.53. The zero-order valence-electron chi connectivity index (χ0n) is 10.6. The Labute approximate surface area is 94.1 Å². The summed E-state index contributed by atoms with van der Waals surface area (Å²) in [4.78, 5) is 0. The van der Waals surface area contributed by atoms with Gasteiger partial charge in [0.25, 0.3) is 0 Å². The molecule has 3 aliphatic carbocycles. The van der Waals surface area contributed by atoms with Crippen LogP contribution in [0.4, 0.5) is 0 Å². The molecule has 0 spiro atoms. The molecule has 0 N–H and O–H groups in total. The lowest BCUT2D eigenvalue weighted by Gasteiger charge is -2.17. The van der Waals surface area contributed by atoms with Gasteiger partial charge in [0.2, 0.25) is 0 Å².